The van der Waals surface area contributed by atoms with Gasteiger partial charge in [-0.05, 0) is 26.2 Å². The zero-order valence-corrected chi connectivity index (χ0v) is 28.5. The normalized spacial score (nSPS) is 9.43. The van der Waals surface area contributed by atoms with Crippen LogP contribution in [0.1, 0.15) is 54.2 Å². The van der Waals surface area contributed by atoms with E-state index in [0.29, 0.717) is 0 Å². The van der Waals surface area contributed by atoms with Gasteiger partial charge in [-0.3, -0.25) is 0 Å². The van der Waals surface area contributed by atoms with Crippen molar-refractivity contribution in [2.75, 3.05) is 0 Å². The Kier molecular flexibility index (Phi) is 21.2. The van der Waals surface area contributed by atoms with E-state index >= 15 is 0 Å². The van der Waals surface area contributed by atoms with E-state index in [4.69, 9.17) is 0 Å². The molecule has 0 unspecified atom stereocenters. The van der Waals surface area contributed by atoms with Gasteiger partial charge in [0.1, 0.15) is 0 Å². The SMILES string of the molecule is CC(C)(C)c1cc[c-]cc1.C[SiH]C.Cc1cc2[cH-]c(C)c(C)c2c(C)c1C.Cl.Cl.[Zr+3].c1cc[cH-]c1. The van der Waals surface area contributed by atoms with Gasteiger partial charge in [0.05, 0.1) is 0 Å². The van der Waals surface area contributed by atoms with Crippen molar-refractivity contribution < 1.29 is 26.2 Å². The Morgan fingerprint density at radius 2 is 1.29 bits per heavy atom. The van der Waals surface area contributed by atoms with Crippen LogP contribution in [-0.4, -0.2) is 9.52 Å². The molecule has 190 valence electrons. The average Bonchev–Trinajstić information content (AvgIpc) is 3.41. The molecule has 0 aliphatic heterocycles. The molecule has 0 fully saturated rings. The van der Waals surface area contributed by atoms with Gasteiger partial charge >= 0.3 is 26.2 Å². The second-order valence-electron chi connectivity index (χ2n) is 9.44. The van der Waals surface area contributed by atoms with E-state index in [-0.39, 0.29) is 56.4 Å². The molecule has 35 heavy (non-hydrogen) atoms. The van der Waals surface area contributed by atoms with Crippen LogP contribution in [0.3, 0.4) is 0 Å². The minimum Gasteiger partial charge on any atom is -0.214 e. The second kappa shape index (κ2) is 19.2. The number of hydrogen-bond donors (Lipinski definition) is 0. The van der Waals surface area contributed by atoms with Crippen molar-refractivity contribution in [3.63, 3.8) is 0 Å². The van der Waals surface area contributed by atoms with E-state index in [1.54, 1.807) is 0 Å². The number of aryl methyl sites for hydroxylation is 4. The fourth-order valence-corrected chi connectivity index (χ4v) is 3.47. The van der Waals surface area contributed by atoms with Gasteiger partial charge in [-0.25, -0.2) is 12.1 Å². The molecule has 0 aliphatic rings. The zero-order chi connectivity index (χ0) is 24.3. The van der Waals surface area contributed by atoms with Gasteiger partial charge in [0.25, 0.3) is 0 Å². The summed E-state index contributed by atoms with van der Waals surface area (Å²) in [5, 5.41) is 2.87. The maximum absolute atomic E-state index is 3.00. The third-order valence-corrected chi connectivity index (χ3v) is 5.67. The third-order valence-electron chi connectivity index (χ3n) is 5.67. The van der Waals surface area contributed by atoms with Crippen LogP contribution in [0.5, 0.6) is 0 Å². The first-order valence-corrected chi connectivity index (χ1v) is 13.9. The van der Waals surface area contributed by atoms with E-state index in [0.717, 1.165) is 9.52 Å². The zero-order valence-electron chi connectivity index (χ0n) is 23.2. The number of fused-ring (bicyclic) bond motifs is 1. The van der Waals surface area contributed by atoms with Gasteiger partial charge in [-0.1, -0.05) is 64.4 Å². The smallest absolute Gasteiger partial charge is 0.214 e. The van der Waals surface area contributed by atoms with Crippen molar-refractivity contribution in [3.8, 4) is 0 Å². The summed E-state index contributed by atoms with van der Waals surface area (Å²) in [4.78, 5) is 0. The Morgan fingerprint density at radius 3 is 1.66 bits per heavy atom. The first-order chi connectivity index (χ1) is 15.0. The number of halogens is 2. The van der Waals surface area contributed by atoms with Crippen molar-refractivity contribution in [1.29, 1.82) is 0 Å². The molecule has 0 bridgehead atoms. The molecule has 0 atom stereocenters. The molecule has 0 aliphatic carbocycles. The summed E-state index contributed by atoms with van der Waals surface area (Å²) >= 11 is 0. The van der Waals surface area contributed by atoms with Gasteiger partial charge in [0.2, 0.25) is 0 Å². The van der Waals surface area contributed by atoms with Crippen LogP contribution in [0.2, 0.25) is 13.1 Å². The van der Waals surface area contributed by atoms with E-state index in [1.807, 2.05) is 42.5 Å². The molecule has 2 radical (unpaired) electrons. The largest absolute Gasteiger partial charge is 3.00 e. The minimum atomic E-state index is 0. The van der Waals surface area contributed by atoms with E-state index < -0.39 is 0 Å². The Bertz CT molecular complexity index is 1030. The summed E-state index contributed by atoms with van der Waals surface area (Å²) in [5.74, 6) is 0. The topological polar surface area (TPSA) is 0 Å². The van der Waals surface area contributed by atoms with Crippen LogP contribution in [0.4, 0.5) is 0 Å². The standard InChI is InChI=1S/C14H17.C10H13.C5H5.C2H7Si.2ClH.Zr/c1-8-6-13-7-9(2)11(4)14(13)12(5)10(8)3;1-10(2,3)9-7-5-4-6-8-9;1-2-4-5-3-1;1-3-2;;;/h6-7H,1-5H3;5-8H,1-3H3;1-5H;3H,1-2H3;2*1H;/q3*-1;;;;+3. The quantitative estimate of drug-likeness (QED) is 0.138. The fraction of sp³-hybridized carbons (Fsp3) is 0.355. The Hall–Kier alpha value is -0.920. The van der Waals surface area contributed by atoms with Gasteiger partial charge in [-0.15, -0.1) is 53.3 Å². The average molecular weight is 607 g/mol. The summed E-state index contributed by atoms with van der Waals surface area (Å²) in [6, 6.07) is 25.7. The third kappa shape index (κ3) is 12.7. The van der Waals surface area contributed by atoms with Crippen LogP contribution in [0.15, 0.2) is 66.7 Å². The second-order valence-corrected chi connectivity index (χ2v) is 10.6. The van der Waals surface area contributed by atoms with Crippen molar-refractivity contribution in [3.05, 3.63) is 106 Å². The van der Waals surface area contributed by atoms with Gasteiger partial charge in [0.15, 0.2) is 0 Å². The predicted molar refractivity (Wildman–Crippen MR) is 163 cm³/mol. The molecule has 0 saturated carbocycles. The van der Waals surface area contributed by atoms with E-state index in [1.165, 1.54) is 44.2 Å². The van der Waals surface area contributed by atoms with Crippen molar-refractivity contribution in [2.45, 2.75) is 73.9 Å². The minimum absolute atomic E-state index is 0. The van der Waals surface area contributed by atoms with Crippen LogP contribution >= 0.6 is 24.8 Å². The summed E-state index contributed by atoms with van der Waals surface area (Å²) in [7, 11) is 0.750. The summed E-state index contributed by atoms with van der Waals surface area (Å²) in [6.45, 7) is 22.1. The molecule has 0 N–H and O–H groups in total. The molecule has 4 aromatic carbocycles. The Balaban J connectivity index is -0.000000430. The van der Waals surface area contributed by atoms with Gasteiger partial charge in [0, 0.05) is 9.52 Å². The Labute approximate surface area is 249 Å². The number of hydrogen-bond acceptors (Lipinski definition) is 0. The molecule has 0 nitrogen and oxygen atoms in total. The van der Waals surface area contributed by atoms with Gasteiger partial charge in [-0.2, -0.15) is 59.7 Å². The predicted octanol–water partition coefficient (Wildman–Crippen LogP) is 9.65. The summed E-state index contributed by atoms with van der Waals surface area (Å²) in [5.41, 5.74) is 8.78. The van der Waals surface area contributed by atoms with Crippen molar-refractivity contribution >= 4 is 45.1 Å². The van der Waals surface area contributed by atoms with Crippen molar-refractivity contribution in [1.82, 2.24) is 0 Å². The van der Waals surface area contributed by atoms with Gasteiger partial charge < -0.3 is 0 Å². The molecular weight excluding hydrogens is 563 g/mol. The molecule has 0 aromatic heterocycles. The molecular formula is C31H44Cl2SiZr. The Morgan fingerprint density at radius 1 is 0.800 bits per heavy atom. The first-order valence-electron chi connectivity index (χ1n) is 11.5. The summed E-state index contributed by atoms with van der Waals surface area (Å²) < 4.78 is 0. The number of benzene rings is 2. The molecule has 4 heteroatoms. The molecule has 4 rings (SSSR count). The number of rotatable bonds is 0. The van der Waals surface area contributed by atoms with Crippen LogP contribution in [0, 0.1) is 40.7 Å². The van der Waals surface area contributed by atoms with E-state index in [9.17, 15) is 0 Å². The maximum Gasteiger partial charge on any atom is 3.00 e. The molecule has 4 aromatic rings. The maximum atomic E-state index is 3.00. The van der Waals surface area contributed by atoms with Crippen LogP contribution in [-0.2, 0) is 31.6 Å². The summed E-state index contributed by atoms with van der Waals surface area (Å²) in [6.07, 6.45) is 0. The monoisotopic (exact) mass is 604 g/mol. The van der Waals surface area contributed by atoms with E-state index in [2.05, 4.69) is 98.8 Å². The van der Waals surface area contributed by atoms with Crippen LogP contribution in [0.25, 0.3) is 10.8 Å². The fourth-order valence-electron chi connectivity index (χ4n) is 3.47. The molecule has 0 spiro atoms. The molecule has 0 saturated heterocycles. The molecule has 0 amide bonds. The van der Waals surface area contributed by atoms with Crippen molar-refractivity contribution in [2.24, 2.45) is 0 Å². The van der Waals surface area contributed by atoms with Crippen LogP contribution < -0.4 is 0 Å². The molecule has 0 heterocycles. The first kappa shape index (κ1) is 38.6.